The summed E-state index contributed by atoms with van der Waals surface area (Å²) in [5, 5.41) is 7.59. The van der Waals surface area contributed by atoms with E-state index in [2.05, 4.69) is 20.6 Å². The molecule has 168 valence electrons. The van der Waals surface area contributed by atoms with Gasteiger partial charge in [0.05, 0.1) is 6.54 Å². The highest BCUT2D eigenvalue weighted by Gasteiger charge is 2.07. The van der Waals surface area contributed by atoms with Crippen molar-refractivity contribution in [2.45, 2.75) is 26.4 Å². The van der Waals surface area contributed by atoms with Gasteiger partial charge < -0.3 is 20.5 Å². The van der Waals surface area contributed by atoms with E-state index in [9.17, 15) is 8.78 Å². The molecule has 0 aliphatic carbocycles. The fraction of sp³-hybridized carbons (Fsp3) is 0.348. The molecular weight excluding hydrogens is 511 g/mol. The molecule has 3 N–H and O–H groups in total. The second kappa shape index (κ2) is 12.0. The number of fused-ring (bicyclic) bond motifs is 1. The molecule has 0 saturated carbocycles. The number of halogens is 3. The van der Waals surface area contributed by atoms with E-state index in [-0.39, 0.29) is 35.6 Å². The number of aromatic amines is 1. The maximum atomic E-state index is 14.0. The monoisotopic (exact) mass is 541 g/mol. The van der Waals surface area contributed by atoms with Crippen molar-refractivity contribution in [3.8, 4) is 0 Å². The average Bonchev–Trinajstić information content (AvgIpc) is 3.10. The number of rotatable bonds is 8. The van der Waals surface area contributed by atoms with Gasteiger partial charge in [-0.15, -0.1) is 24.0 Å². The molecule has 0 aliphatic heterocycles. The average molecular weight is 541 g/mol. The number of benzene rings is 2. The van der Waals surface area contributed by atoms with Crippen molar-refractivity contribution in [2.75, 3.05) is 27.2 Å². The predicted molar refractivity (Wildman–Crippen MR) is 134 cm³/mol. The van der Waals surface area contributed by atoms with Crippen molar-refractivity contribution in [3.05, 3.63) is 70.9 Å². The van der Waals surface area contributed by atoms with Gasteiger partial charge in [0.2, 0.25) is 0 Å². The molecule has 0 atom stereocenters. The van der Waals surface area contributed by atoms with E-state index >= 15 is 0 Å². The second-order valence-electron chi connectivity index (χ2n) is 7.54. The predicted octanol–water partition coefficient (Wildman–Crippen LogP) is 4.42. The molecular formula is C23H30F2IN5. The minimum Gasteiger partial charge on any atom is -0.361 e. The van der Waals surface area contributed by atoms with E-state index in [4.69, 9.17) is 0 Å². The molecule has 1 heterocycles. The van der Waals surface area contributed by atoms with Crippen LogP contribution in [0, 0.1) is 11.6 Å². The maximum absolute atomic E-state index is 14.0. The molecule has 0 radical (unpaired) electrons. The highest BCUT2D eigenvalue weighted by molar-refractivity contribution is 14.0. The number of nitrogens with one attached hydrogen (secondary N) is 3. The molecule has 5 nitrogen and oxygen atoms in total. The van der Waals surface area contributed by atoms with Gasteiger partial charge in [-0.2, -0.15) is 0 Å². The Hall–Kier alpha value is -2.20. The minimum atomic E-state index is -0.245. The highest BCUT2D eigenvalue weighted by atomic mass is 127. The van der Waals surface area contributed by atoms with Crippen molar-refractivity contribution in [2.24, 2.45) is 4.99 Å². The van der Waals surface area contributed by atoms with E-state index in [1.807, 2.05) is 38.2 Å². The van der Waals surface area contributed by atoms with Crippen LogP contribution in [0.25, 0.3) is 10.9 Å². The first-order valence-corrected chi connectivity index (χ1v) is 10.2. The van der Waals surface area contributed by atoms with Gasteiger partial charge in [-0.1, -0.05) is 6.07 Å². The normalized spacial score (nSPS) is 11.6. The Labute approximate surface area is 199 Å². The molecule has 0 spiro atoms. The zero-order valence-electron chi connectivity index (χ0n) is 18.1. The number of aliphatic imine (C=N–C) groups is 1. The number of guanidine groups is 1. The largest absolute Gasteiger partial charge is 0.361 e. The summed E-state index contributed by atoms with van der Waals surface area (Å²) in [6, 6.07) is 9.93. The first-order chi connectivity index (χ1) is 14.5. The summed E-state index contributed by atoms with van der Waals surface area (Å²) in [7, 11) is 3.84. The third-order valence-electron chi connectivity index (χ3n) is 4.78. The fourth-order valence-electron chi connectivity index (χ4n) is 3.38. The first kappa shape index (κ1) is 25.1. The Balaban J connectivity index is 0.00000341. The molecule has 0 fully saturated rings. The van der Waals surface area contributed by atoms with Gasteiger partial charge >= 0.3 is 0 Å². The Bertz CT molecular complexity index is 1020. The van der Waals surface area contributed by atoms with Gasteiger partial charge in [0, 0.05) is 42.3 Å². The Kier molecular flexibility index (Phi) is 9.70. The molecule has 0 unspecified atom stereocenters. The second-order valence-corrected chi connectivity index (χ2v) is 7.54. The molecule has 31 heavy (non-hydrogen) atoms. The van der Waals surface area contributed by atoms with Crippen LogP contribution in [0.5, 0.6) is 0 Å². The molecule has 0 aliphatic rings. The molecule has 8 heteroatoms. The lowest BCUT2D eigenvalue weighted by Gasteiger charge is -2.13. The molecule has 0 amide bonds. The van der Waals surface area contributed by atoms with Gasteiger partial charge in [-0.25, -0.2) is 13.8 Å². The highest BCUT2D eigenvalue weighted by Crippen LogP contribution is 2.19. The van der Waals surface area contributed by atoms with Crippen molar-refractivity contribution in [1.82, 2.24) is 20.5 Å². The third-order valence-corrected chi connectivity index (χ3v) is 4.78. The zero-order valence-corrected chi connectivity index (χ0v) is 20.5. The van der Waals surface area contributed by atoms with Crippen molar-refractivity contribution >= 4 is 40.8 Å². The van der Waals surface area contributed by atoms with Gasteiger partial charge in [0.25, 0.3) is 0 Å². The van der Waals surface area contributed by atoms with Crippen LogP contribution < -0.4 is 10.6 Å². The topological polar surface area (TPSA) is 55.5 Å². The number of nitrogens with zero attached hydrogens (tertiary/aromatic N) is 2. The minimum absolute atomic E-state index is 0. The molecule has 3 aromatic rings. The van der Waals surface area contributed by atoms with Crippen LogP contribution in [-0.2, 0) is 19.5 Å². The van der Waals surface area contributed by atoms with Crippen molar-refractivity contribution in [3.63, 3.8) is 0 Å². The summed E-state index contributed by atoms with van der Waals surface area (Å²) in [6.45, 7) is 4.45. The first-order valence-electron chi connectivity index (χ1n) is 10.2. The fourth-order valence-corrected chi connectivity index (χ4v) is 3.38. The summed E-state index contributed by atoms with van der Waals surface area (Å²) in [5.41, 5.74) is 3.56. The quantitative estimate of drug-likeness (QED) is 0.225. The maximum Gasteiger partial charge on any atom is 0.191 e. The van der Waals surface area contributed by atoms with E-state index in [0.29, 0.717) is 31.2 Å². The van der Waals surface area contributed by atoms with Crippen LogP contribution in [-0.4, -0.2) is 43.0 Å². The molecule has 2 aromatic carbocycles. The van der Waals surface area contributed by atoms with Crippen molar-refractivity contribution < 1.29 is 8.78 Å². The van der Waals surface area contributed by atoms with Crippen LogP contribution in [0.4, 0.5) is 8.78 Å². The van der Waals surface area contributed by atoms with Crippen LogP contribution in [0.1, 0.15) is 23.6 Å². The number of aromatic nitrogens is 1. The number of hydrogen-bond acceptors (Lipinski definition) is 2. The summed E-state index contributed by atoms with van der Waals surface area (Å²) in [6.07, 6.45) is 2.69. The molecule has 1 aromatic heterocycles. The van der Waals surface area contributed by atoms with E-state index in [0.717, 1.165) is 35.0 Å². The van der Waals surface area contributed by atoms with Crippen LogP contribution >= 0.6 is 24.0 Å². The standard InChI is InChI=1S/C23H29F2N5.HI/c1-4-26-23(29-13-16-5-8-21(25)18(11-16)15-30(2)3)27-10-9-17-14-28-22-12-19(24)6-7-20(17)22;/h5-8,11-12,14,28H,4,9-10,13,15H2,1-3H3,(H2,26,27,29);1H. The summed E-state index contributed by atoms with van der Waals surface area (Å²) >= 11 is 0. The summed E-state index contributed by atoms with van der Waals surface area (Å²) in [4.78, 5) is 9.68. The van der Waals surface area contributed by atoms with Crippen LogP contribution in [0.15, 0.2) is 47.6 Å². The lowest BCUT2D eigenvalue weighted by Crippen LogP contribution is -2.38. The van der Waals surface area contributed by atoms with E-state index in [1.54, 1.807) is 12.1 Å². The van der Waals surface area contributed by atoms with Crippen molar-refractivity contribution in [1.29, 1.82) is 0 Å². The number of H-pyrrole nitrogens is 1. The molecule has 3 rings (SSSR count). The molecule has 0 saturated heterocycles. The Morgan fingerprint density at radius 3 is 2.61 bits per heavy atom. The lowest BCUT2D eigenvalue weighted by molar-refractivity contribution is 0.392. The van der Waals surface area contributed by atoms with Gasteiger partial charge in [0.15, 0.2) is 5.96 Å². The zero-order chi connectivity index (χ0) is 21.5. The number of hydrogen-bond donors (Lipinski definition) is 3. The molecule has 0 bridgehead atoms. The van der Waals surface area contributed by atoms with E-state index in [1.165, 1.54) is 18.2 Å². The lowest BCUT2D eigenvalue weighted by atomic mass is 10.1. The SMILES string of the molecule is CCNC(=NCc1ccc(F)c(CN(C)C)c1)NCCc1c[nH]c2cc(F)ccc12.I. The summed E-state index contributed by atoms with van der Waals surface area (Å²) in [5.74, 6) is 0.270. The third kappa shape index (κ3) is 7.17. The Morgan fingerprint density at radius 1 is 1.06 bits per heavy atom. The van der Waals surface area contributed by atoms with Gasteiger partial charge in [-0.05, 0) is 68.9 Å². The summed E-state index contributed by atoms with van der Waals surface area (Å²) < 4.78 is 27.3. The van der Waals surface area contributed by atoms with Gasteiger partial charge in [-0.3, -0.25) is 0 Å². The van der Waals surface area contributed by atoms with Crippen LogP contribution in [0.2, 0.25) is 0 Å². The Morgan fingerprint density at radius 2 is 1.87 bits per heavy atom. The van der Waals surface area contributed by atoms with E-state index < -0.39 is 0 Å². The van der Waals surface area contributed by atoms with Gasteiger partial charge in [0.1, 0.15) is 11.6 Å². The van der Waals surface area contributed by atoms with Crippen LogP contribution in [0.3, 0.4) is 0 Å². The smallest absolute Gasteiger partial charge is 0.191 e.